The van der Waals surface area contributed by atoms with Crippen LogP contribution in [0.5, 0.6) is 5.75 Å². The number of benzene rings is 2. The molecule has 0 atom stereocenters. The first kappa shape index (κ1) is 16.8. The molecule has 8 heteroatoms. The van der Waals surface area contributed by atoms with Crippen molar-refractivity contribution in [3.63, 3.8) is 0 Å². The Bertz CT molecular complexity index is 907. The van der Waals surface area contributed by atoms with Crippen molar-refractivity contribution in [3.05, 3.63) is 58.1 Å². The van der Waals surface area contributed by atoms with Gasteiger partial charge in [0.1, 0.15) is 5.75 Å². The molecule has 2 aromatic carbocycles. The number of carbonyl (C=O) groups excluding carboxylic acids is 2. The van der Waals surface area contributed by atoms with E-state index in [1.165, 1.54) is 17.0 Å². The highest BCUT2D eigenvalue weighted by Crippen LogP contribution is 2.35. The Morgan fingerprint density at radius 1 is 1.36 bits per heavy atom. The molecule has 0 aliphatic carbocycles. The Hall–Kier alpha value is -3.08. The molecule has 7 nitrogen and oxygen atoms in total. The number of anilines is 1. The number of hydrogen-bond acceptors (Lipinski definition) is 5. The van der Waals surface area contributed by atoms with E-state index >= 15 is 0 Å². The van der Waals surface area contributed by atoms with E-state index in [-0.39, 0.29) is 24.6 Å². The van der Waals surface area contributed by atoms with Crippen molar-refractivity contribution in [3.8, 4) is 11.8 Å². The molecule has 0 radical (unpaired) electrons. The summed E-state index contributed by atoms with van der Waals surface area (Å²) in [6.07, 6.45) is 0. The van der Waals surface area contributed by atoms with E-state index in [1.54, 1.807) is 29.7 Å². The fourth-order valence-electron chi connectivity index (χ4n) is 2.52. The first-order valence-electron chi connectivity index (χ1n) is 7.23. The number of amides is 2. The molecule has 1 aliphatic rings. The molecule has 0 saturated carbocycles. The van der Waals surface area contributed by atoms with E-state index in [2.05, 4.69) is 0 Å². The molecule has 0 saturated heterocycles. The van der Waals surface area contributed by atoms with Crippen LogP contribution in [0.4, 0.5) is 5.69 Å². The van der Waals surface area contributed by atoms with Gasteiger partial charge in [0, 0.05) is 10.6 Å². The number of nitriles is 1. The third kappa shape index (κ3) is 3.26. The Morgan fingerprint density at radius 2 is 2.16 bits per heavy atom. The van der Waals surface area contributed by atoms with E-state index in [1.807, 2.05) is 6.07 Å². The molecule has 0 bridgehead atoms. The average molecular weight is 358 g/mol. The van der Waals surface area contributed by atoms with Crippen molar-refractivity contribution in [1.29, 1.82) is 5.26 Å². The minimum absolute atomic E-state index is 0.119. The zero-order chi connectivity index (χ0) is 18.0. The molecule has 126 valence electrons. The maximum atomic E-state index is 12.3. The predicted octanol–water partition coefficient (Wildman–Crippen LogP) is 2.26. The quantitative estimate of drug-likeness (QED) is 0.648. The van der Waals surface area contributed by atoms with Gasteiger partial charge in [-0.25, -0.2) is 5.48 Å². The lowest BCUT2D eigenvalue weighted by molar-refractivity contribution is -0.121. The predicted molar refractivity (Wildman–Crippen MR) is 88.5 cm³/mol. The number of fused-ring (bicyclic) bond motifs is 1. The van der Waals surface area contributed by atoms with Crippen LogP contribution < -0.4 is 15.1 Å². The van der Waals surface area contributed by atoms with Crippen LogP contribution in [0.1, 0.15) is 21.5 Å². The Labute approximate surface area is 147 Å². The van der Waals surface area contributed by atoms with E-state index in [0.717, 1.165) is 0 Å². The van der Waals surface area contributed by atoms with Crippen molar-refractivity contribution in [2.75, 3.05) is 11.5 Å². The number of hydrogen-bond donors (Lipinski definition) is 2. The van der Waals surface area contributed by atoms with Crippen LogP contribution in [0.3, 0.4) is 0 Å². The number of carbonyl (C=O) groups is 2. The van der Waals surface area contributed by atoms with Crippen LogP contribution in [0, 0.1) is 11.3 Å². The molecule has 3 rings (SSSR count). The lowest BCUT2D eigenvalue weighted by atomic mass is 10.1. The van der Waals surface area contributed by atoms with Gasteiger partial charge in [0.15, 0.2) is 6.61 Å². The maximum Gasteiger partial charge on any atom is 0.274 e. The molecular weight excluding hydrogens is 346 g/mol. The van der Waals surface area contributed by atoms with Gasteiger partial charge in [-0.1, -0.05) is 11.6 Å². The third-order valence-electron chi connectivity index (χ3n) is 3.77. The number of nitrogens with one attached hydrogen (secondary N) is 1. The lowest BCUT2D eigenvalue weighted by Crippen LogP contribution is -2.38. The van der Waals surface area contributed by atoms with Crippen molar-refractivity contribution in [2.24, 2.45) is 0 Å². The first-order valence-corrected chi connectivity index (χ1v) is 7.61. The lowest BCUT2D eigenvalue weighted by Gasteiger charge is -2.30. The highest BCUT2D eigenvalue weighted by atomic mass is 35.5. The summed E-state index contributed by atoms with van der Waals surface area (Å²) in [5.41, 5.74) is 3.12. The number of hydroxylamine groups is 1. The summed E-state index contributed by atoms with van der Waals surface area (Å²) >= 11 is 6.18. The standard InChI is InChI=1S/C17H12ClN3O4/c18-13-3-1-10(7-19)5-12(13)8-21-14-6-11(17(23)20-24)2-4-15(14)25-9-16(21)22/h1-6,24H,8-9H2,(H,20,23). The van der Waals surface area contributed by atoms with E-state index in [9.17, 15) is 9.59 Å². The molecule has 1 heterocycles. The van der Waals surface area contributed by atoms with Gasteiger partial charge in [0.2, 0.25) is 0 Å². The van der Waals surface area contributed by atoms with Gasteiger partial charge in [-0.05, 0) is 42.0 Å². The first-order chi connectivity index (χ1) is 12.0. The minimum Gasteiger partial charge on any atom is -0.482 e. The number of rotatable bonds is 3. The van der Waals surface area contributed by atoms with Gasteiger partial charge in [-0.2, -0.15) is 5.26 Å². The van der Waals surface area contributed by atoms with Crippen molar-refractivity contribution in [1.82, 2.24) is 5.48 Å². The van der Waals surface area contributed by atoms with E-state index < -0.39 is 5.91 Å². The van der Waals surface area contributed by atoms with Crippen LogP contribution in [0.25, 0.3) is 0 Å². The summed E-state index contributed by atoms with van der Waals surface area (Å²) < 4.78 is 5.38. The summed E-state index contributed by atoms with van der Waals surface area (Å²) in [4.78, 5) is 25.4. The highest BCUT2D eigenvalue weighted by Gasteiger charge is 2.27. The van der Waals surface area contributed by atoms with E-state index in [4.69, 9.17) is 26.8 Å². The average Bonchev–Trinajstić information content (AvgIpc) is 2.64. The van der Waals surface area contributed by atoms with Crippen LogP contribution in [0.15, 0.2) is 36.4 Å². The number of nitrogens with zero attached hydrogens (tertiary/aromatic N) is 2. The van der Waals surface area contributed by atoms with Crippen LogP contribution in [-0.2, 0) is 11.3 Å². The second-order valence-corrected chi connectivity index (χ2v) is 5.72. The highest BCUT2D eigenvalue weighted by molar-refractivity contribution is 6.31. The van der Waals surface area contributed by atoms with Crippen LogP contribution in [0.2, 0.25) is 5.02 Å². The molecular formula is C17H12ClN3O4. The maximum absolute atomic E-state index is 12.3. The normalized spacial score (nSPS) is 12.8. The zero-order valence-electron chi connectivity index (χ0n) is 12.8. The number of halogens is 1. The third-order valence-corrected chi connectivity index (χ3v) is 4.14. The molecule has 2 N–H and O–H groups in total. The van der Waals surface area contributed by atoms with Gasteiger partial charge in [0.05, 0.1) is 23.9 Å². The second-order valence-electron chi connectivity index (χ2n) is 5.31. The van der Waals surface area contributed by atoms with Crippen molar-refractivity contribution < 1.29 is 19.5 Å². The number of ether oxygens (including phenoxy) is 1. The smallest absolute Gasteiger partial charge is 0.274 e. The molecule has 1 aliphatic heterocycles. The molecule has 0 fully saturated rings. The fourth-order valence-corrected chi connectivity index (χ4v) is 2.69. The Kier molecular flexibility index (Phi) is 4.57. The molecule has 25 heavy (non-hydrogen) atoms. The minimum atomic E-state index is -0.703. The molecule has 0 unspecified atom stereocenters. The summed E-state index contributed by atoms with van der Waals surface area (Å²) in [5, 5.41) is 18.2. The van der Waals surface area contributed by atoms with Crippen LogP contribution in [-0.4, -0.2) is 23.6 Å². The van der Waals surface area contributed by atoms with Gasteiger partial charge in [-0.3, -0.25) is 14.8 Å². The van der Waals surface area contributed by atoms with E-state index in [0.29, 0.717) is 27.6 Å². The van der Waals surface area contributed by atoms with Crippen LogP contribution >= 0.6 is 11.6 Å². The largest absolute Gasteiger partial charge is 0.482 e. The van der Waals surface area contributed by atoms with Gasteiger partial charge >= 0.3 is 0 Å². The Morgan fingerprint density at radius 3 is 2.88 bits per heavy atom. The summed E-state index contributed by atoms with van der Waals surface area (Å²) in [6.45, 7) is -0.0259. The Balaban J connectivity index is 2.02. The zero-order valence-corrected chi connectivity index (χ0v) is 13.6. The second kappa shape index (κ2) is 6.81. The monoisotopic (exact) mass is 357 g/mol. The van der Waals surface area contributed by atoms with Crippen molar-refractivity contribution in [2.45, 2.75) is 6.54 Å². The summed E-state index contributed by atoms with van der Waals surface area (Å²) in [6, 6.07) is 11.3. The molecule has 2 aromatic rings. The summed E-state index contributed by atoms with van der Waals surface area (Å²) in [7, 11) is 0. The molecule has 2 amide bonds. The SMILES string of the molecule is N#Cc1ccc(Cl)c(CN2C(=O)COc3ccc(C(=O)NO)cc32)c1. The molecule has 0 spiro atoms. The summed E-state index contributed by atoms with van der Waals surface area (Å²) in [5.74, 6) is -0.584. The molecule has 0 aromatic heterocycles. The van der Waals surface area contributed by atoms with Gasteiger partial charge < -0.3 is 9.64 Å². The topological polar surface area (TPSA) is 103 Å². The fraction of sp³-hybridized carbons (Fsp3) is 0.118. The van der Waals surface area contributed by atoms with Gasteiger partial charge in [0.25, 0.3) is 11.8 Å². The van der Waals surface area contributed by atoms with Crippen molar-refractivity contribution >= 4 is 29.1 Å². The van der Waals surface area contributed by atoms with Gasteiger partial charge in [-0.15, -0.1) is 0 Å².